The van der Waals surface area contributed by atoms with E-state index in [0.717, 1.165) is 37.9 Å². The molecule has 0 spiro atoms. The van der Waals surface area contributed by atoms with Gasteiger partial charge in [0.2, 0.25) is 11.7 Å². The lowest BCUT2D eigenvalue weighted by Gasteiger charge is -2.04. The lowest BCUT2D eigenvalue weighted by atomic mass is 10.1. The summed E-state index contributed by atoms with van der Waals surface area (Å²) >= 11 is 0. The zero-order valence-corrected chi connectivity index (χ0v) is 17.0. The summed E-state index contributed by atoms with van der Waals surface area (Å²) in [6.45, 7) is 4.90. The minimum atomic E-state index is -1.17. The van der Waals surface area contributed by atoms with Gasteiger partial charge in [-0.15, -0.1) is 0 Å². The molecule has 1 nitrogen and oxygen atoms in total. The molecule has 0 heterocycles. The molecule has 0 aliphatic carbocycles. The van der Waals surface area contributed by atoms with Gasteiger partial charge in [-0.1, -0.05) is 50.7 Å². The zero-order valence-electron chi connectivity index (χ0n) is 17.0. The number of hydrogen-bond acceptors (Lipinski definition) is 1. The summed E-state index contributed by atoms with van der Waals surface area (Å²) in [5.74, 6) is 8.02. The van der Waals surface area contributed by atoms with Gasteiger partial charge in [-0.25, -0.2) is 0 Å². The molecule has 0 bridgehead atoms. The SMILES string of the molecule is CCCCOc1ccc(C#C/C(F)=C(\F)C#Cc2ccc(CCCC)cc2)cc1. The van der Waals surface area contributed by atoms with Gasteiger partial charge in [-0.05, 0) is 73.1 Å². The van der Waals surface area contributed by atoms with E-state index in [-0.39, 0.29) is 0 Å². The van der Waals surface area contributed by atoms with Crippen LogP contribution >= 0.6 is 0 Å². The first-order valence-corrected chi connectivity index (χ1v) is 10.0. The maximum absolute atomic E-state index is 13.9. The maximum atomic E-state index is 13.9. The lowest BCUT2D eigenvalue weighted by molar-refractivity contribution is 0.309. The first-order valence-electron chi connectivity index (χ1n) is 10.0. The number of benzene rings is 2. The summed E-state index contributed by atoms with van der Waals surface area (Å²) in [5.41, 5.74) is 2.43. The molecule has 0 aliphatic heterocycles. The summed E-state index contributed by atoms with van der Waals surface area (Å²) < 4.78 is 33.3. The highest BCUT2D eigenvalue weighted by Crippen LogP contribution is 2.13. The molecule has 150 valence electrons. The van der Waals surface area contributed by atoms with Crippen LogP contribution in [0.5, 0.6) is 5.75 Å². The Hall–Kier alpha value is -3.04. The topological polar surface area (TPSA) is 9.23 Å². The molecule has 0 N–H and O–H groups in total. The van der Waals surface area contributed by atoms with E-state index < -0.39 is 11.7 Å². The van der Waals surface area contributed by atoms with Crippen LogP contribution in [0.4, 0.5) is 8.78 Å². The molecule has 0 saturated heterocycles. The molecular weight excluding hydrogens is 366 g/mol. The van der Waals surface area contributed by atoms with Crippen LogP contribution in [0.25, 0.3) is 0 Å². The molecule has 0 saturated carbocycles. The average molecular weight is 392 g/mol. The molecule has 0 aliphatic rings. The van der Waals surface area contributed by atoms with Crippen molar-refractivity contribution in [2.45, 2.75) is 46.0 Å². The highest BCUT2D eigenvalue weighted by Gasteiger charge is 2.00. The molecule has 0 amide bonds. The molecule has 0 aromatic heterocycles. The molecule has 2 aromatic rings. The van der Waals surface area contributed by atoms with Gasteiger partial charge in [0.15, 0.2) is 0 Å². The van der Waals surface area contributed by atoms with Crippen LogP contribution in [0.3, 0.4) is 0 Å². The van der Waals surface area contributed by atoms with Crippen molar-refractivity contribution in [3.63, 3.8) is 0 Å². The van der Waals surface area contributed by atoms with E-state index in [2.05, 4.69) is 37.5 Å². The minimum absolute atomic E-state index is 0.575. The Morgan fingerprint density at radius 1 is 0.759 bits per heavy atom. The standard InChI is InChI=1S/C26H26F2O/c1-3-5-7-21-8-10-22(11-9-21)14-18-25(27)26(28)19-15-23-12-16-24(17-13-23)29-20-6-4-2/h8-13,16-17H,3-7,20H2,1-2H3/b26-25+. The summed E-state index contributed by atoms with van der Waals surface area (Å²) in [5, 5.41) is 0. The van der Waals surface area contributed by atoms with Crippen LogP contribution in [-0.2, 0) is 6.42 Å². The van der Waals surface area contributed by atoms with Gasteiger partial charge in [0.25, 0.3) is 0 Å². The van der Waals surface area contributed by atoms with Crippen molar-refractivity contribution in [1.29, 1.82) is 0 Å². The van der Waals surface area contributed by atoms with Crippen LogP contribution < -0.4 is 4.74 Å². The second kappa shape index (κ2) is 12.4. The van der Waals surface area contributed by atoms with E-state index in [9.17, 15) is 8.78 Å². The fourth-order valence-corrected chi connectivity index (χ4v) is 2.47. The van der Waals surface area contributed by atoms with Crippen molar-refractivity contribution in [2.24, 2.45) is 0 Å². The minimum Gasteiger partial charge on any atom is -0.494 e. The van der Waals surface area contributed by atoms with E-state index in [1.54, 1.807) is 24.3 Å². The lowest BCUT2D eigenvalue weighted by Crippen LogP contribution is -1.95. The Labute approximate surface area is 172 Å². The number of allylic oxidation sites excluding steroid dienone is 2. The van der Waals surface area contributed by atoms with Gasteiger partial charge in [0.05, 0.1) is 6.61 Å². The Bertz CT molecular complexity index is 917. The van der Waals surface area contributed by atoms with E-state index in [4.69, 9.17) is 4.74 Å². The van der Waals surface area contributed by atoms with Crippen LogP contribution in [0.15, 0.2) is 60.2 Å². The highest BCUT2D eigenvalue weighted by molar-refractivity contribution is 5.46. The number of halogens is 2. The molecule has 29 heavy (non-hydrogen) atoms. The highest BCUT2D eigenvalue weighted by atomic mass is 19.2. The van der Waals surface area contributed by atoms with E-state index in [0.29, 0.717) is 17.7 Å². The third kappa shape index (κ3) is 8.24. The van der Waals surface area contributed by atoms with Crippen molar-refractivity contribution < 1.29 is 13.5 Å². The zero-order chi connectivity index (χ0) is 20.9. The van der Waals surface area contributed by atoms with Gasteiger partial charge in [0, 0.05) is 11.1 Å². The Morgan fingerprint density at radius 3 is 1.79 bits per heavy atom. The van der Waals surface area contributed by atoms with Gasteiger partial charge in [-0.3, -0.25) is 0 Å². The van der Waals surface area contributed by atoms with Crippen molar-refractivity contribution in [3.8, 4) is 29.4 Å². The summed E-state index contributed by atoms with van der Waals surface area (Å²) in [7, 11) is 0. The molecule has 0 fully saturated rings. The Kier molecular flexibility index (Phi) is 9.53. The first-order chi connectivity index (χ1) is 14.1. The van der Waals surface area contributed by atoms with Crippen LogP contribution in [-0.4, -0.2) is 6.61 Å². The molecule has 3 heteroatoms. The molecule has 0 atom stereocenters. The third-order valence-corrected chi connectivity index (χ3v) is 4.22. The van der Waals surface area contributed by atoms with Gasteiger partial charge in [0.1, 0.15) is 5.75 Å². The number of unbranched alkanes of at least 4 members (excludes halogenated alkanes) is 2. The van der Waals surface area contributed by atoms with E-state index in [1.807, 2.05) is 24.3 Å². The van der Waals surface area contributed by atoms with Crippen molar-refractivity contribution >= 4 is 0 Å². The normalized spacial score (nSPS) is 10.9. The fourth-order valence-electron chi connectivity index (χ4n) is 2.47. The van der Waals surface area contributed by atoms with E-state index in [1.165, 1.54) is 5.56 Å². The number of rotatable bonds is 7. The summed E-state index contributed by atoms with van der Waals surface area (Å²) in [6, 6.07) is 14.5. The molecular formula is C26H26F2O. The quantitative estimate of drug-likeness (QED) is 0.373. The smallest absolute Gasteiger partial charge is 0.217 e. The summed E-state index contributed by atoms with van der Waals surface area (Å²) in [6.07, 6.45) is 5.32. The molecule has 2 rings (SSSR count). The van der Waals surface area contributed by atoms with Gasteiger partial charge < -0.3 is 4.74 Å². The van der Waals surface area contributed by atoms with Gasteiger partial charge >= 0.3 is 0 Å². The molecule has 0 radical (unpaired) electrons. The second-order valence-corrected chi connectivity index (χ2v) is 6.65. The maximum Gasteiger partial charge on any atom is 0.217 e. The number of aryl methyl sites for hydroxylation is 1. The molecule has 0 unspecified atom stereocenters. The molecule has 2 aromatic carbocycles. The summed E-state index contributed by atoms with van der Waals surface area (Å²) in [4.78, 5) is 0. The Balaban J connectivity index is 1.99. The number of ether oxygens (including phenoxy) is 1. The number of hydrogen-bond donors (Lipinski definition) is 0. The predicted molar refractivity (Wildman–Crippen MR) is 115 cm³/mol. The third-order valence-electron chi connectivity index (χ3n) is 4.22. The van der Waals surface area contributed by atoms with Crippen LogP contribution in [0, 0.1) is 23.7 Å². The van der Waals surface area contributed by atoms with Gasteiger partial charge in [-0.2, -0.15) is 8.78 Å². The monoisotopic (exact) mass is 392 g/mol. The second-order valence-electron chi connectivity index (χ2n) is 6.65. The fraction of sp³-hybridized carbons (Fsp3) is 0.308. The predicted octanol–water partition coefficient (Wildman–Crippen LogP) is 6.76. The average Bonchev–Trinajstić information content (AvgIpc) is 2.76. The van der Waals surface area contributed by atoms with Crippen LogP contribution in [0.2, 0.25) is 0 Å². The largest absolute Gasteiger partial charge is 0.494 e. The van der Waals surface area contributed by atoms with E-state index >= 15 is 0 Å². The van der Waals surface area contributed by atoms with Crippen molar-refractivity contribution in [2.75, 3.05) is 6.61 Å². The first kappa shape index (κ1) is 22.3. The Morgan fingerprint density at radius 2 is 1.28 bits per heavy atom. The van der Waals surface area contributed by atoms with Crippen LogP contribution in [0.1, 0.15) is 56.2 Å². The van der Waals surface area contributed by atoms with Crippen molar-refractivity contribution in [3.05, 3.63) is 76.9 Å². The van der Waals surface area contributed by atoms with Crippen molar-refractivity contribution in [1.82, 2.24) is 0 Å².